The van der Waals surface area contributed by atoms with E-state index in [2.05, 4.69) is 5.32 Å². The van der Waals surface area contributed by atoms with Crippen molar-refractivity contribution in [1.29, 1.82) is 0 Å². The Labute approximate surface area is 180 Å². The van der Waals surface area contributed by atoms with Crippen LogP contribution < -0.4 is 5.32 Å². The van der Waals surface area contributed by atoms with Crippen molar-refractivity contribution in [3.63, 3.8) is 0 Å². The van der Waals surface area contributed by atoms with Gasteiger partial charge in [-0.1, -0.05) is 60.7 Å². The molecular formula is C25H24FN3O2. The Morgan fingerprint density at radius 2 is 1.65 bits per heavy atom. The summed E-state index contributed by atoms with van der Waals surface area (Å²) in [4.78, 5) is 17.1. The van der Waals surface area contributed by atoms with Crippen LogP contribution in [-0.2, 0) is 12.1 Å². The second-order valence-corrected chi connectivity index (χ2v) is 7.27. The van der Waals surface area contributed by atoms with Gasteiger partial charge in [-0.15, -0.1) is 0 Å². The van der Waals surface area contributed by atoms with Crippen molar-refractivity contribution in [2.75, 3.05) is 13.2 Å². The first-order valence-corrected chi connectivity index (χ1v) is 10.3. The molecule has 6 heteroatoms. The third-order valence-corrected chi connectivity index (χ3v) is 5.41. The lowest BCUT2D eigenvalue weighted by Gasteiger charge is -2.29. The summed E-state index contributed by atoms with van der Waals surface area (Å²) in [6.45, 7) is 1.86. The number of hydrogen-bond donors (Lipinski definition) is 2. The molecule has 1 heterocycles. The minimum absolute atomic E-state index is 0.0308. The topological polar surface area (TPSA) is 67.1 Å². The van der Waals surface area contributed by atoms with Crippen molar-refractivity contribution in [1.82, 2.24) is 14.9 Å². The van der Waals surface area contributed by atoms with E-state index in [0.29, 0.717) is 34.6 Å². The lowest BCUT2D eigenvalue weighted by Crippen LogP contribution is -2.32. The molecular weight excluding hydrogens is 393 g/mol. The predicted molar refractivity (Wildman–Crippen MR) is 119 cm³/mol. The van der Waals surface area contributed by atoms with E-state index in [1.165, 1.54) is 0 Å². The van der Waals surface area contributed by atoms with Crippen LogP contribution in [0.5, 0.6) is 0 Å². The molecule has 4 aromatic rings. The van der Waals surface area contributed by atoms with Crippen LogP contribution in [0.1, 0.15) is 34.2 Å². The Hall–Kier alpha value is -3.51. The molecule has 0 aliphatic heterocycles. The second-order valence-electron chi connectivity index (χ2n) is 7.27. The normalized spacial score (nSPS) is 11.6. The van der Waals surface area contributed by atoms with Crippen LogP contribution in [0.2, 0.25) is 0 Å². The smallest absolute Gasteiger partial charge is 0.251 e. The van der Waals surface area contributed by atoms with Crippen LogP contribution in [0.3, 0.4) is 0 Å². The standard InChI is InChI=1S/C25H24FN3O2/c1-2-29-22-17-18(23(30)27-16-15-26)13-14-21(22)28-24(29)25(31,19-9-5-3-6-10-19)20-11-7-4-8-12-20/h3-14,17,31H,2,15-16H2,1H3,(H,27,30). The van der Waals surface area contributed by atoms with Gasteiger partial charge >= 0.3 is 0 Å². The Kier molecular flexibility index (Phi) is 5.82. The van der Waals surface area contributed by atoms with E-state index in [1.54, 1.807) is 18.2 Å². The molecule has 2 N–H and O–H groups in total. The Morgan fingerprint density at radius 3 is 2.19 bits per heavy atom. The molecule has 5 nitrogen and oxygen atoms in total. The first kappa shape index (κ1) is 20.8. The quantitative estimate of drug-likeness (QED) is 0.477. The number of hydrogen-bond acceptors (Lipinski definition) is 3. The number of halogens is 1. The number of benzene rings is 3. The van der Waals surface area contributed by atoms with Gasteiger partial charge in [0.1, 0.15) is 6.67 Å². The van der Waals surface area contributed by atoms with Crippen molar-refractivity contribution < 1.29 is 14.3 Å². The van der Waals surface area contributed by atoms with Crippen molar-refractivity contribution in [2.24, 2.45) is 0 Å². The number of nitrogens with one attached hydrogen (secondary N) is 1. The fourth-order valence-electron chi connectivity index (χ4n) is 3.91. The first-order chi connectivity index (χ1) is 15.1. The van der Waals surface area contributed by atoms with Gasteiger partial charge in [-0.25, -0.2) is 9.37 Å². The maximum Gasteiger partial charge on any atom is 0.251 e. The Morgan fingerprint density at radius 1 is 1.03 bits per heavy atom. The maximum atomic E-state index is 12.4. The molecule has 0 saturated heterocycles. The van der Waals surface area contributed by atoms with Crippen LogP contribution in [-0.4, -0.2) is 33.8 Å². The number of alkyl halides is 1. The van der Waals surface area contributed by atoms with Gasteiger partial charge in [0, 0.05) is 18.7 Å². The third kappa shape index (κ3) is 3.70. The van der Waals surface area contributed by atoms with Crippen LogP contribution in [0.4, 0.5) is 4.39 Å². The summed E-state index contributed by atoms with van der Waals surface area (Å²) < 4.78 is 14.4. The number of aryl methyl sites for hydroxylation is 1. The zero-order valence-corrected chi connectivity index (χ0v) is 17.3. The van der Waals surface area contributed by atoms with Gasteiger partial charge in [-0.3, -0.25) is 4.79 Å². The van der Waals surface area contributed by atoms with Gasteiger partial charge in [-0.05, 0) is 36.2 Å². The molecule has 0 aliphatic carbocycles. The monoisotopic (exact) mass is 417 g/mol. The van der Waals surface area contributed by atoms with Crippen molar-refractivity contribution >= 4 is 16.9 Å². The lowest BCUT2D eigenvalue weighted by molar-refractivity contribution is 0.0951. The molecule has 3 aromatic carbocycles. The van der Waals surface area contributed by atoms with Gasteiger partial charge in [0.05, 0.1) is 11.0 Å². The molecule has 0 unspecified atom stereocenters. The van der Waals surface area contributed by atoms with Crippen molar-refractivity contribution in [3.8, 4) is 0 Å². The largest absolute Gasteiger partial charge is 0.373 e. The Bertz CT molecular complexity index is 1150. The highest BCUT2D eigenvalue weighted by atomic mass is 19.1. The highest BCUT2D eigenvalue weighted by Gasteiger charge is 2.38. The molecule has 0 atom stereocenters. The molecule has 0 aliphatic rings. The fourth-order valence-corrected chi connectivity index (χ4v) is 3.91. The minimum Gasteiger partial charge on any atom is -0.373 e. The van der Waals surface area contributed by atoms with E-state index in [0.717, 1.165) is 5.52 Å². The van der Waals surface area contributed by atoms with Gasteiger partial charge in [0.15, 0.2) is 11.4 Å². The maximum absolute atomic E-state index is 12.4. The summed E-state index contributed by atoms with van der Waals surface area (Å²) in [5.74, 6) is 0.134. The molecule has 4 rings (SSSR count). The number of amides is 1. The van der Waals surface area contributed by atoms with E-state index in [-0.39, 0.29) is 12.5 Å². The highest BCUT2D eigenvalue weighted by molar-refractivity contribution is 5.97. The number of carbonyl (C=O) groups excluding carboxylic acids is 1. The molecule has 158 valence electrons. The highest BCUT2D eigenvalue weighted by Crippen LogP contribution is 2.37. The van der Waals surface area contributed by atoms with Crippen LogP contribution in [0.25, 0.3) is 11.0 Å². The van der Waals surface area contributed by atoms with Crippen LogP contribution in [0, 0.1) is 0 Å². The SMILES string of the molecule is CCn1c(C(O)(c2ccccc2)c2ccccc2)nc2ccc(C(=O)NCCF)cc21. The van der Waals surface area contributed by atoms with Gasteiger partial charge in [-0.2, -0.15) is 0 Å². The number of rotatable bonds is 7. The predicted octanol–water partition coefficient (Wildman–Crippen LogP) is 4.04. The molecule has 1 amide bonds. The molecule has 0 bridgehead atoms. The Balaban J connectivity index is 1.93. The first-order valence-electron chi connectivity index (χ1n) is 10.3. The number of fused-ring (bicyclic) bond motifs is 1. The summed E-state index contributed by atoms with van der Waals surface area (Å²) in [6, 6.07) is 24.0. The second kappa shape index (κ2) is 8.70. The van der Waals surface area contributed by atoms with Crippen LogP contribution in [0.15, 0.2) is 78.9 Å². The number of aliphatic hydroxyl groups is 1. The summed E-state index contributed by atoms with van der Waals surface area (Å²) in [5.41, 5.74) is 1.75. The van der Waals surface area contributed by atoms with E-state index >= 15 is 0 Å². The van der Waals surface area contributed by atoms with E-state index in [9.17, 15) is 14.3 Å². The minimum atomic E-state index is -1.48. The van der Waals surface area contributed by atoms with Gasteiger partial charge in [0.2, 0.25) is 0 Å². The zero-order valence-electron chi connectivity index (χ0n) is 17.3. The number of aromatic nitrogens is 2. The van der Waals surface area contributed by atoms with E-state index < -0.39 is 12.3 Å². The molecule has 1 aromatic heterocycles. The van der Waals surface area contributed by atoms with E-state index in [4.69, 9.17) is 4.98 Å². The molecule has 0 saturated carbocycles. The summed E-state index contributed by atoms with van der Waals surface area (Å²) in [6.07, 6.45) is 0. The summed E-state index contributed by atoms with van der Waals surface area (Å²) >= 11 is 0. The molecule has 0 fully saturated rings. The average Bonchev–Trinajstić information content (AvgIpc) is 3.21. The molecule has 31 heavy (non-hydrogen) atoms. The molecule has 0 spiro atoms. The summed E-state index contributed by atoms with van der Waals surface area (Å²) in [7, 11) is 0. The average molecular weight is 417 g/mol. The van der Waals surface area contributed by atoms with E-state index in [1.807, 2.05) is 72.2 Å². The third-order valence-electron chi connectivity index (χ3n) is 5.41. The number of imidazole rings is 1. The number of carbonyl (C=O) groups is 1. The van der Waals surface area contributed by atoms with Crippen LogP contribution >= 0.6 is 0 Å². The van der Waals surface area contributed by atoms with Gasteiger partial charge < -0.3 is 15.0 Å². The number of nitrogens with zero attached hydrogens (tertiary/aromatic N) is 2. The van der Waals surface area contributed by atoms with Crippen molar-refractivity contribution in [2.45, 2.75) is 19.1 Å². The summed E-state index contributed by atoms with van der Waals surface area (Å²) in [5, 5.41) is 14.7. The fraction of sp³-hybridized carbons (Fsp3) is 0.200. The van der Waals surface area contributed by atoms with Crippen molar-refractivity contribution in [3.05, 3.63) is 101 Å². The lowest BCUT2D eigenvalue weighted by atomic mass is 9.85. The zero-order chi connectivity index (χ0) is 21.8. The van der Waals surface area contributed by atoms with Gasteiger partial charge in [0.25, 0.3) is 5.91 Å². The molecule has 0 radical (unpaired) electrons.